The van der Waals surface area contributed by atoms with Crippen molar-refractivity contribution in [3.8, 4) is 0 Å². The van der Waals surface area contributed by atoms with Gasteiger partial charge in [0.2, 0.25) is 5.91 Å². The van der Waals surface area contributed by atoms with E-state index in [0.717, 1.165) is 5.57 Å². The zero-order chi connectivity index (χ0) is 14.9. The number of piperidine rings is 1. The van der Waals surface area contributed by atoms with Crippen LogP contribution in [0.4, 0.5) is 0 Å². The maximum atomic E-state index is 12.3. The Hall–Kier alpha value is -1.89. The molecule has 0 spiro atoms. The standard InChI is InChI=1S/C13H18N2O5/c1-7(8-4-14-5-8)11(16)15-3-2-9(12(17)18)10(6-15)13(19)20/h9-10,14H,2-6H2,1H3,(H,17,18)(H,19,20). The molecule has 3 N–H and O–H groups in total. The van der Waals surface area contributed by atoms with E-state index in [4.69, 9.17) is 10.2 Å². The Labute approximate surface area is 116 Å². The van der Waals surface area contributed by atoms with E-state index in [2.05, 4.69) is 5.32 Å². The van der Waals surface area contributed by atoms with Crippen molar-refractivity contribution in [2.75, 3.05) is 26.2 Å². The second-order valence-electron chi connectivity index (χ2n) is 5.26. The first-order valence-corrected chi connectivity index (χ1v) is 6.56. The van der Waals surface area contributed by atoms with Crippen molar-refractivity contribution in [1.82, 2.24) is 10.2 Å². The highest BCUT2D eigenvalue weighted by Crippen LogP contribution is 2.26. The van der Waals surface area contributed by atoms with E-state index in [1.54, 1.807) is 6.92 Å². The molecule has 2 rings (SSSR count). The van der Waals surface area contributed by atoms with Crippen molar-refractivity contribution < 1.29 is 24.6 Å². The number of carbonyl (C=O) groups excluding carboxylic acids is 1. The molecule has 7 heteroatoms. The highest BCUT2D eigenvalue weighted by Gasteiger charge is 2.40. The van der Waals surface area contributed by atoms with Gasteiger partial charge in [0.25, 0.3) is 0 Å². The summed E-state index contributed by atoms with van der Waals surface area (Å²) in [6.07, 6.45) is 0.179. The van der Waals surface area contributed by atoms with Gasteiger partial charge in [0.1, 0.15) is 0 Å². The molecule has 2 unspecified atom stereocenters. The van der Waals surface area contributed by atoms with Crippen LogP contribution in [-0.4, -0.2) is 59.1 Å². The third kappa shape index (κ3) is 2.67. The van der Waals surface area contributed by atoms with E-state index in [-0.39, 0.29) is 25.4 Å². The van der Waals surface area contributed by atoms with Crippen molar-refractivity contribution >= 4 is 17.8 Å². The van der Waals surface area contributed by atoms with Gasteiger partial charge in [-0.3, -0.25) is 14.4 Å². The molecule has 2 saturated heterocycles. The fraction of sp³-hybridized carbons (Fsp3) is 0.615. The Morgan fingerprint density at radius 1 is 1.15 bits per heavy atom. The lowest BCUT2D eigenvalue weighted by Gasteiger charge is -2.35. The lowest BCUT2D eigenvalue weighted by atomic mass is 9.85. The topological polar surface area (TPSA) is 107 Å². The summed E-state index contributed by atoms with van der Waals surface area (Å²) in [6.45, 7) is 3.36. The summed E-state index contributed by atoms with van der Waals surface area (Å²) < 4.78 is 0. The predicted molar refractivity (Wildman–Crippen MR) is 69.0 cm³/mol. The molecule has 2 aliphatic heterocycles. The molecule has 0 aromatic rings. The molecule has 0 radical (unpaired) electrons. The third-order valence-corrected chi connectivity index (χ3v) is 4.06. The van der Waals surface area contributed by atoms with Crippen LogP contribution < -0.4 is 5.32 Å². The van der Waals surface area contributed by atoms with Gasteiger partial charge in [0, 0.05) is 31.8 Å². The van der Waals surface area contributed by atoms with Gasteiger partial charge < -0.3 is 20.4 Å². The monoisotopic (exact) mass is 282 g/mol. The molecule has 0 aromatic heterocycles. The quantitative estimate of drug-likeness (QED) is 0.605. The predicted octanol–water partition coefficient (Wildman–Crippen LogP) is -0.460. The average Bonchev–Trinajstić information content (AvgIpc) is 2.34. The largest absolute Gasteiger partial charge is 0.481 e. The SMILES string of the molecule is CC(C(=O)N1CCC(C(=O)O)C(C(=O)O)C1)=C1CNC1. The summed E-state index contributed by atoms with van der Waals surface area (Å²) in [5, 5.41) is 21.2. The van der Waals surface area contributed by atoms with E-state index in [1.165, 1.54) is 4.90 Å². The van der Waals surface area contributed by atoms with Gasteiger partial charge >= 0.3 is 11.9 Å². The third-order valence-electron chi connectivity index (χ3n) is 4.06. The summed E-state index contributed by atoms with van der Waals surface area (Å²) in [6, 6.07) is 0. The van der Waals surface area contributed by atoms with Crippen molar-refractivity contribution in [3.05, 3.63) is 11.1 Å². The van der Waals surface area contributed by atoms with Crippen LogP contribution in [0.3, 0.4) is 0 Å². The summed E-state index contributed by atoms with van der Waals surface area (Å²) >= 11 is 0. The Kier molecular flexibility index (Phi) is 4.08. The number of hydrogen-bond acceptors (Lipinski definition) is 4. The van der Waals surface area contributed by atoms with Crippen molar-refractivity contribution in [2.45, 2.75) is 13.3 Å². The number of carboxylic acid groups (broad SMARTS) is 2. The molecule has 1 amide bonds. The van der Waals surface area contributed by atoms with Crippen LogP contribution in [0.15, 0.2) is 11.1 Å². The Morgan fingerprint density at radius 2 is 1.75 bits per heavy atom. The van der Waals surface area contributed by atoms with Crippen LogP contribution in [0, 0.1) is 11.8 Å². The summed E-state index contributed by atoms with van der Waals surface area (Å²) in [4.78, 5) is 36.0. The minimum Gasteiger partial charge on any atom is -0.481 e. The molecule has 0 aromatic carbocycles. The molecule has 2 fully saturated rings. The first-order valence-electron chi connectivity index (χ1n) is 6.56. The molecule has 2 atom stereocenters. The van der Waals surface area contributed by atoms with Crippen molar-refractivity contribution in [3.63, 3.8) is 0 Å². The molecule has 20 heavy (non-hydrogen) atoms. The van der Waals surface area contributed by atoms with Gasteiger partial charge in [-0.2, -0.15) is 0 Å². The van der Waals surface area contributed by atoms with Crippen LogP contribution in [-0.2, 0) is 14.4 Å². The Balaban J connectivity index is 2.10. The van der Waals surface area contributed by atoms with Crippen molar-refractivity contribution in [2.24, 2.45) is 11.8 Å². The van der Waals surface area contributed by atoms with Crippen LogP contribution >= 0.6 is 0 Å². The first-order chi connectivity index (χ1) is 9.41. The van der Waals surface area contributed by atoms with Crippen molar-refractivity contribution in [1.29, 1.82) is 0 Å². The fourth-order valence-electron chi connectivity index (χ4n) is 2.59. The summed E-state index contributed by atoms with van der Waals surface area (Å²) in [5.41, 5.74) is 1.67. The highest BCUT2D eigenvalue weighted by atomic mass is 16.4. The number of hydrogen-bond donors (Lipinski definition) is 3. The lowest BCUT2D eigenvalue weighted by Crippen LogP contribution is -2.49. The highest BCUT2D eigenvalue weighted by molar-refractivity contribution is 5.94. The number of nitrogens with one attached hydrogen (secondary N) is 1. The number of carboxylic acids is 2. The number of aliphatic carboxylic acids is 2. The average molecular weight is 282 g/mol. The van der Waals surface area contributed by atoms with Gasteiger partial charge in [-0.05, 0) is 18.9 Å². The molecular weight excluding hydrogens is 264 g/mol. The maximum Gasteiger partial charge on any atom is 0.309 e. The van der Waals surface area contributed by atoms with Gasteiger partial charge in [-0.15, -0.1) is 0 Å². The zero-order valence-electron chi connectivity index (χ0n) is 11.3. The lowest BCUT2D eigenvalue weighted by molar-refractivity contribution is -0.158. The normalized spacial score (nSPS) is 25.9. The maximum absolute atomic E-state index is 12.3. The van der Waals surface area contributed by atoms with E-state index < -0.39 is 23.8 Å². The van der Waals surface area contributed by atoms with Gasteiger partial charge in [0.05, 0.1) is 11.8 Å². The van der Waals surface area contributed by atoms with E-state index in [1.807, 2.05) is 0 Å². The second kappa shape index (κ2) is 5.62. The van der Waals surface area contributed by atoms with Crippen LogP contribution in [0.5, 0.6) is 0 Å². The Bertz CT molecular complexity index is 479. The number of rotatable bonds is 3. The van der Waals surface area contributed by atoms with Gasteiger partial charge in [-0.1, -0.05) is 0 Å². The minimum atomic E-state index is -1.16. The van der Waals surface area contributed by atoms with Crippen LogP contribution in [0.2, 0.25) is 0 Å². The van der Waals surface area contributed by atoms with Crippen LogP contribution in [0.25, 0.3) is 0 Å². The fourth-order valence-corrected chi connectivity index (χ4v) is 2.59. The Morgan fingerprint density at radius 3 is 2.20 bits per heavy atom. The molecule has 7 nitrogen and oxygen atoms in total. The molecule has 0 bridgehead atoms. The minimum absolute atomic E-state index is 0.0385. The number of amides is 1. The number of nitrogens with zero attached hydrogens (tertiary/aromatic N) is 1. The van der Waals surface area contributed by atoms with E-state index >= 15 is 0 Å². The van der Waals surface area contributed by atoms with E-state index in [9.17, 15) is 14.4 Å². The zero-order valence-corrected chi connectivity index (χ0v) is 11.3. The molecule has 0 aliphatic carbocycles. The molecule has 2 heterocycles. The number of likely N-dealkylation sites (tertiary alicyclic amines) is 1. The first kappa shape index (κ1) is 14.5. The second-order valence-corrected chi connectivity index (χ2v) is 5.26. The molecule has 2 aliphatic rings. The molecule has 110 valence electrons. The van der Waals surface area contributed by atoms with Gasteiger partial charge in [-0.25, -0.2) is 0 Å². The van der Waals surface area contributed by atoms with E-state index in [0.29, 0.717) is 18.7 Å². The van der Waals surface area contributed by atoms with Gasteiger partial charge in [0.15, 0.2) is 0 Å². The summed E-state index contributed by atoms with van der Waals surface area (Å²) in [5.74, 6) is -4.41. The summed E-state index contributed by atoms with van der Waals surface area (Å²) in [7, 11) is 0. The molecular formula is C13H18N2O5. The smallest absolute Gasteiger partial charge is 0.309 e. The molecule has 0 saturated carbocycles. The number of carbonyl (C=O) groups is 3. The van der Waals surface area contributed by atoms with Crippen LogP contribution in [0.1, 0.15) is 13.3 Å².